The minimum Gasteiger partial charge on any atom is -0.369 e. The molecule has 136 valence electrons. The van der Waals surface area contributed by atoms with Crippen LogP contribution in [0.1, 0.15) is 35.1 Å². The van der Waals surface area contributed by atoms with Gasteiger partial charge in [-0.15, -0.1) is 0 Å². The van der Waals surface area contributed by atoms with Gasteiger partial charge >= 0.3 is 0 Å². The number of nitrogens with two attached hydrogens (primary N) is 1. The van der Waals surface area contributed by atoms with Crippen molar-refractivity contribution in [3.05, 3.63) is 53.6 Å². The fourth-order valence-corrected chi connectivity index (χ4v) is 2.65. The van der Waals surface area contributed by atoms with Crippen LogP contribution >= 0.6 is 0 Å². The molecule has 0 bridgehead atoms. The van der Waals surface area contributed by atoms with Crippen molar-refractivity contribution < 1.29 is 9.59 Å². The number of amides is 2. The van der Waals surface area contributed by atoms with E-state index in [9.17, 15) is 9.59 Å². The molecule has 9 heteroatoms. The summed E-state index contributed by atoms with van der Waals surface area (Å²) in [5, 5.41) is 11.5. The van der Waals surface area contributed by atoms with Crippen LogP contribution in [0.15, 0.2) is 41.7 Å². The lowest BCUT2D eigenvalue weighted by atomic mass is 9.91. The van der Waals surface area contributed by atoms with Gasteiger partial charge in [-0.1, -0.05) is 0 Å². The standard InChI is InChI=1S/C18H17N7O2/c1-18(8-15(26)25(2)17(20)24-18)14-7-12(5-6-21-14)23-16(27)13-4-3-11(9-19)10-22-13/h3-7,10H,8H2,1-2H3,(H2,20,24)(H,21,23,27). The van der Waals surface area contributed by atoms with Crippen LogP contribution in [0.5, 0.6) is 0 Å². The fourth-order valence-electron chi connectivity index (χ4n) is 2.65. The van der Waals surface area contributed by atoms with Gasteiger partial charge < -0.3 is 11.1 Å². The summed E-state index contributed by atoms with van der Waals surface area (Å²) in [6.45, 7) is 1.76. The van der Waals surface area contributed by atoms with E-state index in [4.69, 9.17) is 11.0 Å². The molecular formula is C18H17N7O2. The van der Waals surface area contributed by atoms with Crippen molar-refractivity contribution in [2.45, 2.75) is 18.9 Å². The van der Waals surface area contributed by atoms with E-state index in [1.165, 1.54) is 29.4 Å². The van der Waals surface area contributed by atoms with Crippen molar-refractivity contribution in [2.75, 3.05) is 12.4 Å². The first-order valence-electron chi connectivity index (χ1n) is 8.08. The number of carbonyl (C=O) groups excluding carboxylic acids is 2. The zero-order valence-electron chi connectivity index (χ0n) is 14.8. The SMILES string of the molecule is CN1C(=O)CC(C)(c2cc(NC(=O)c3ccc(C#N)cn3)ccn2)N=C1N. The highest BCUT2D eigenvalue weighted by molar-refractivity contribution is 6.03. The highest BCUT2D eigenvalue weighted by Gasteiger charge is 2.37. The molecule has 9 nitrogen and oxygen atoms in total. The Hall–Kier alpha value is -3.80. The first kappa shape index (κ1) is 18.0. The Labute approximate surface area is 155 Å². The van der Waals surface area contributed by atoms with Crippen molar-refractivity contribution >= 4 is 23.5 Å². The van der Waals surface area contributed by atoms with Crippen LogP contribution in [-0.2, 0) is 10.3 Å². The molecule has 0 saturated heterocycles. The average Bonchev–Trinajstić information content (AvgIpc) is 2.66. The second-order valence-electron chi connectivity index (χ2n) is 6.30. The first-order valence-corrected chi connectivity index (χ1v) is 8.08. The number of carbonyl (C=O) groups is 2. The van der Waals surface area contributed by atoms with E-state index in [0.717, 1.165) is 0 Å². The van der Waals surface area contributed by atoms with E-state index in [1.807, 2.05) is 6.07 Å². The molecular weight excluding hydrogens is 346 g/mol. The van der Waals surface area contributed by atoms with Gasteiger partial charge in [-0.3, -0.25) is 19.5 Å². The average molecular weight is 363 g/mol. The summed E-state index contributed by atoms with van der Waals surface area (Å²) in [5.74, 6) is -0.473. The summed E-state index contributed by atoms with van der Waals surface area (Å²) in [6, 6.07) is 8.20. The van der Waals surface area contributed by atoms with Gasteiger partial charge in [0.25, 0.3) is 5.91 Å². The van der Waals surface area contributed by atoms with E-state index in [1.54, 1.807) is 26.1 Å². The number of nitrogens with one attached hydrogen (secondary N) is 1. The molecule has 1 aliphatic heterocycles. The molecule has 0 radical (unpaired) electrons. The highest BCUT2D eigenvalue weighted by atomic mass is 16.2. The van der Waals surface area contributed by atoms with Gasteiger partial charge in [0.05, 0.1) is 17.7 Å². The normalized spacial score (nSPS) is 19.2. The fraction of sp³-hybridized carbons (Fsp3) is 0.222. The molecule has 0 saturated carbocycles. The Morgan fingerprint density at radius 1 is 1.37 bits per heavy atom. The van der Waals surface area contributed by atoms with Crippen LogP contribution in [0, 0.1) is 11.3 Å². The van der Waals surface area contributed by atoms with E-state index in [0.29, 0.717) is 16.9 Å². The van der Waals surface area contributed by atoms with Crippen molar-refractivity contribution in [2.24, 2.45) is 10.7 Å². The number of guanidine groups is 1. The van der Waals surface area contributed by atoms with Gasteiger partial charge in [-0.25, -0.2) is 9.98 Å². The largest absolute Gasteiger partial charge is 0.369 e. The molecule has 1 unspecified atom stereocenters. The first-order chi connectivity index (χ1) is 12.8. The topological polar surface area (TPSA) is 137 Å². The summed E-state index contributed by atoms with van der Waals surface area (Å²) in [4.78, 5) is 38.4. The zero-order chi connectivity index (χ0) is 19.6. The van der Waals surface area contributed by atoms with E-state index < -0.39 is 11.4 Å². The van der Waals surface area contributed by atoms with Crippen LogP contribution in [0.2, 0.25) is 0 Å². The Morgan fingerprint density at radius 3 is 2.78 bits per heavy atom. The number of hydrogen-bond donors (Lipinski definition) is 2. The molecule has 2 amide bonds. The lowest BCUT2D eigenvalue weighted by Crippen LogP contribution is -2.47. The van der Waals surface area contributed by atoms with Crippen molar-refractivity contribution in [3.8, 4) is 6.07 Å². The number of aromatic nitrogens is 2. The molecule has 0 aromatic carbocycles. The highest BCUT2D eigenvalue weighted by Crippen LogP contribution is 2.32. The molecule has 3 heterocycles. The number of rotatable bonds is 3. The van der Waals surface area contributed by atoms with Gasteiger partial charge in [0.1, 0.15) is 17.3 Å². The van der Waals surface area contributed by atoms with Gasteiger partial charge in [0.2, 0.25) is 5.91 Å². The molecule has 2 aromatic heterocycles. The molecule has 27 heavy (non-hydrogen) atoms. The van der Waals surface area contributed by atoms with Crippen LogP contribution in [0.3, 0.4) is 0 Å². The maximum Gasteiger partial charge on any atom is 0.274 e. The lowest BCUT2D eigenvalue weighted by Gasteiger charge is -2.32. The van der Waals surface area contributed by atoms with Crippen LogP contribution in [0.25, 0.3) is 0 Å². The summed E-state index contributed by atoms with van der Waals surface area (Å²) in [5.41, 5.74) is 6.45. The zero-order valence-corrected chi connectivity index (χ0v) is 14.8. The number of pyridine rings is 2. The monoisotopic (exact) mass is 363 g/mol. The molecule has 2 aromatic rings. The molecule has 3 rings (SSSR count). The van der Waals surface area contributed by atoms with Crippen molar-refractivity contribution in [3.63, 3.8) is 0 Å². The van der Waals surface area contributed by atoms with E-state index in [-0.39, 0.29) is 24.0 Å². The van der Waals surface area contributed by atoms with Crippen molar-refractivity contribution in [1.29, 1.82) is 5.26 Å². The number of anilines is 1. The van der Waals surface area contributed by atoms with E-state index >= 15 is 0 Å². The summed E-state index contributed by atoms with van der Waals surface area (Å²) < 4.78 is 0. The molecule has 1 aliphatic rings. The third kappa shape index (κ3) is 3.59. The van der Waals surface area contributed by atoms with Gasteiger partial charge in [-0.05, 0) is 31.2 Å². The number of nitrogens with zero attached hydrogens (tertiary/aromatic N) is 5. The van der Waals surface area contributed by atoms with E-state index in [2.05, 4.69) is 20.3 Å². The Balaban J connectivity index is 1.84. The second-order valence-corrected chi connectivity index (χ2v) is 6.30. The third-order valence-corrected chi connectivity index (χ3v) is 4.27. The molecule has 0 fully saturated rings. The minimum absolute atomic E-state index is 0.117. The van der Waals surface area contributed by atoms with Gasteiger partial charge in [0, 0.05) is 25.1 Å². The number of nitriles is 1. The third-order valence-electron chi connectivity index (χ3n) is 4.27. The van der Waals surface area contributed by atoms with Crippen LogP contribution in [0.4, 0.5) is 5.69 Å². The predicted octanol–water partition coefficient (Wildman–Crippen LogP) is 0.993. The van der Waals surface area contributed by atoms with Gasteiger partial charge in [-0.2, -0.15) is 5.26 Å². The van der Waals surface area contributed by atoms with Crippen molar-refractivity contribution in [1.82, 2.24) is 14.9 Å². The molecule has 0 aliphatic carbocycles. The number of hydrogen-bond acceptors (Lipinski definition) is 7. The van der Waals surface area contributed by atoms with Crippen LogP contribution < -0.4 is 11.1 Å². The maximum atomic E-state index is 12.3. The molecule has 3 N–H and O–H groups in total. The Kier molecular flexibility index (Phi) is 4.56. The predicted molar refractivity (Wildman–Crippen MR) is 97.5 cm³/mol. The lowest BCUT2D eigenvalue weighted by molar-refractivity contribution is -0.128. The Bertz CT molecular complexity index is 978. The summed E-state index contributed by atoms with van der Waals surface area (Å²) >= 11 is 0. The molecule has 1 atom stereocenters. The molecule has 0 spiro atoms. The van der Waals surface area contributed by atoms with Gasteiger partial charge in [0.15, 0.2) is 5.96 Å². The maximum absolute atomic E-state index is 12.3. The summed E-state index contributed by atoms with van der Waals surface area (Å²) in [6.07, 6.45) is 2.97. The quantitative estimate of drug-likeness (QED) is 0.834. The second kappa shape index (κ2) is 6.84. The summed E-state index contributed by atoms with van der Waals surface area (Å²) in [7, 11) is 1.56. The number of aliphatic imine (C=N–C) groups is 1. The van der Waals surface area contributed by atoms with Crippen LogP contribution in [-0.4, -0.2) is 39.7 Å². The Morgan fingerprint density at radius 2 is 2.15 bits per heavy atom. The minimum atomic E-state index is -0.916. The smallest absolute Gasteiger partial charge is 0.274 e.